The Labute approximate surface area is 82.0 Å². The summed E-state index contributed by atoms with van der Waals surface area (Å²) in [6.45, 7) is 9.43. The fraction of sp³-hybridized carbons (Fsp3) is 1.00. The van der Waals surface area contributed by atoms with Gasteiger partial charge in [0, 0.05) is 0 Å². The molecule has 0 nitrogen and oxygen atoms in total. The van der Waals surface area contributed by atoms with Gasteiger partial charge in [0.15, 0.2) is 0 Å². The van der Waals surface area contributed by atoms with Crippen LogP contribution in [0.4, 0.5) is 0 Å². The molecule has 0 aliphatic heterocycles. The molecule has 0 fully saturated rings. The van der Waals surface area contributed by atoms with E-state index in [0.29, 0.717) is 5.04 Å². The maximum atomic E-state index is 3.60. The third kappa shape index (κ3) is 2.34. The van der Waals surface area contributed by atoms with Crippen LogP contribution in [0.3, 0.4) is 0 Å². The first-order valence-corrected chi connectivity index (χ1v) is 8.65. The van der Waals surface area contributed by atoms with Crippen molar-refractivity contribution in [3.05, 3.63) is 0 Å². The number of alkyl halides is 2. The molecule has 0 aromatic carbocycles. The molecule has 0 saturated carbocycles. The Balaban J connectivity index is 4.33. The van der Waals surface area contributed by atoms with Crippen molar-refractivity contribution < 1.29 is 0 Å². The number of rotatable bonds is 2. The predicted molar refractivity (Wildman–Crippen MR) is 58.9 cm³/mol. The molecule has 0 saturated heterocycles. The van der Waals surface area contributed by atoms with Gasteiger partial charge >= 0.3 is 0 Å². The topological polar surface area (TPSA) is 0 Å². The van der Waals surface area contributed by atoms with E-state index in [2.05, 4.69) is 59.2 Å². The van der Waals surface area contributed by atoms with E-state index in [-0.39, 0.29) is 0 Å². The smallest absolute Gasteiger partial charge is 0.0779 e. The first-order chi connectivity index (χ1) is 4.37. The molecule has 10 heavy (non-hydrogen) atoms. The lowest BCUT2D eigenvalue weighted by atomic mass is 10.2. The van der Waals surface area contributed by atoms with Crippen LogP contribution in [0.5, 0.6) is 0 Å². The second-order valence-corrected chi connectivity index (χ2v) is 12.6. The first-order valence-electron chi connectivity index (χ1n) is 3.49. The van der Waals surface area contributed by atoms with Gasteiger partial charge in [-0.2, -0.15) is 0 Å². The lowest BCUT2D eigenvalue weighted by molar-refractivity contribution is 0.723. The van der Waals surface area contributed by atoms with Crippen LogP contribution < -0.4 is 0 Å². The van der Waals surface area contributed by atoms with Crippen molar-refractivity contribution >= 4 is 39.9 Å². The summed E-state index contributed by atoms with van der Waals surface area (Å²) in [7, 11) is -1.07. The minimum atomic E-state index is -1.07. The Morgan fingerprint density at radius 1 is 1.10 bits per heavy atom. The predicted octanol–water partition coefficient (Wildman–Crippen LogP) is 3.73. The minimum absolute atomic E-state index is 0.500. The maximum absolute atomic E-state index is 3.60. The normalized spacial score (nSPS) is 13.8. The Morgan fingerprint density at radius 2 is 1.40 bits per heavy atom. The summed E-state index contributed by atoms with van der Waals surface area (Å²) >= 11 is 7.20. The molecule has 0 aromatic rings. The zero-order valence-corrected chi connectivity index (χ0v) is 11.3. The third-order valence-corrected chi connectivity index (χ3v) is 14.6. The van der Waals surface area contributed by atoms with E-state index in [1.54, 1.807) is 0 Å². The van der Waals surface area contributed by atoms with Crippen LogP contribution in [0.25, 0.3) is 0 Å². The first kappa shape index (κ1) is 11.2. The fourth-order valence-corrected chi connectivity index (χ4v) is 9.14. The van der Waals surface area contributed by atoms with Gasteiger partial charge in [-0.1, -0.05) is 59.2 Å². The van der Waals surface area contributed by atoms with Crippen LogP contribution in [0.2, 0.25) is 11.6 Å². The molecule has 62 valence electrons. The monoisotopic (exact) mass is 286 g/mol. The molecule has 0 amide bonds. The summed E-state index contributed by atoms with van der Waals surface area (Å²) in [5.41, 5.74) is 0. The lowest BCUT2D eigenvalue weighted by Gasteiger charge is -2.37. The highest BCUT2D eigenvalue weighted by Crippen LogP contribution is 2.37. The summed E-state index contributed by atoms with van der Waals surface area (Å²) in [6.07, 6.45) is 0. The van der Waals surface area contributed by atoms with Crippen LogP contribution >= 0.6 is 31.9 Å². The van der Waals surface area contributed by atoms with Crippen molar-refractivity contribution in [3.8, 4) is 0 Å². The molecule has 0 atom stereocenters. The Hall–Kier alpha value is 1.18. The van der Waals surface area contributed by atoms with Gasteiger partial charge in [-0.25, -0.2) is 0 Å². The molecular formula is C7H16Br2Si. The second kappa shape index (κ2) is 3.72. The van der Waals surface area contributed by atoms with E-state index in [1.807, 2.05) is 0 Å². The number of hydrogen-bond acceptors (Lipinski definition) is 0. The van der Waals surface area contributed by atoms with E-state index < -0.39 is 8.07 Å². The Bertz CT molecular complexity index is 103. The van der Waals surface area contributed by atoms with Crippen LogP contribution in [0.15, 0.2) is 0 Å². The maximum Gasteiger partial charge on any atom is 0.0779 e. The van der Waals surface area contributed by atoms with Gasteiger partial charge in [0.05, 0.1) is 8.07 Å². The van der Waals surface area contributed by atoms with Crippen LogP contribution in [0, 0.1) is 0 Å². The lowest BCUT2D eigenvalue weighted by Crippen LogP contribution is -2.45. The van der Waals surface area contributed by atoms with E-state index >= 15 is 0 Å². The van der Waals surface area contributed by atoms with Crippen molar-refractivity contribution in [3.63, 3.8) is 0 Å². The van der Waals surface area contributed by atoms with E-state index in [1.165, 1.54) is 9.91 Å². The van der Waals surface area contributed by atoms with Crippen LogP contribution in [0.1, 0.15) is 20.8 Å². The van der Waals surface area contributed by atoms with E-state index in [4.69, 9.17) is 0 Å². The third-order valence-electron chi connectivity index (χ3n) is 2.40. The average molecular weight is 288 g/mol. The van der Waals surface area contributed by atoms with Crippen molar-refractivity contribution in [2.45, 2.75) is 32.4 Å². The summed E-state index contributed by atoms with van der Waals surface area (Å²) in [4.78, 5) is 2.38. The van der Waals surface area contributed by atoms with Crippen LogP contribution in [-0.4, -0.2) is 18.0 Å². The fourth-order valence-electron chi connectivity index (χ4n) is 0.437. The largest absolute Gasteiger partial charge is 0.0961 e. The van der Waals surface area contributed by atoms with E-state index in [9.17, 15) is 0 Å². The SMILES string of the molecule is CC(C)(C)[Si](C)(CBr)CBr. The zero-order chi connectivity index (χ0) is 8.41. The number of halogens is 2. The highest BCUT2D eigenvalue weighted by Gasteiger charge is 2.37. The minimum Gasteiger partial charge on any atom is -0.0961 e. The average Bonchev–Trinajstić information content (AvgIpc) is 1.84. The molecule has 0 spiro atoms. The molecule has 0 radical (unpaired) electrons. The van der Waals surface area contributed by atoms with Crippen molar-refractivity contribution in [1.29, 1.82) is 0 Å². The van der Waals surface area contributed by atoms with Crippen LogP contribution in [-0.2, 0) is 0 Å². The second-order valence-electron chi connectivity index (χ2n) is 4.08. The quantitative estimate of drug-likeness (QED) is 0.536. The highest BCUT2D eigenvalue weighted by molar-refractivity contribution is 9.10. The zero-order valence-electron chi connectivity index (χ0n) is 7.17. The van der Waals surface area contributed by atoms with E-state index in [0.717, 1.165) is 0 Å². The van der Waals surface area contributed by atoms with Crippen molar-refractivity contribution in [2.24, 2.45) is 0 Å². The molecule has 0 bridgehead atoms. The summed E-state index contributed by atoms with van der Waals surface area (Å²) in [6, 6.07) is 0. The molecule has 0 heterocycles. The van der Waals surface area contributed by atoms with Crippen molar-refractivity contribution in [1.82, 2.24) is 0 Å². The molecule has 0 aromatic heterocycles. The van der Waals surface area contributed by atoms with Gasteiger partial charge in [-0.15, -0.1) is 0 Å². The summed E-state index contributed by atoms with van der Waals surface area (Å²) < 4.78 is 0. The van der Waals surface area contributed by atoms with Gasteiger partial charge in [0.1, 0.15) is 0 Å². The Morgan fingerprint density at radius 3 is 1.40 bits per heavy atom. The van der Waals surface area contributed by atoms with Gasteiger partial charge in [0.2, 0.25) is 0 Å². The summed E-state index contributed by atoms with van der Waals surface area (Å²) in [5, 5.41) is 0.500. The molecule has 0 N–H and O–H groups in total. The molecule has 0 aliphatic rings. The van der Waals surface area contributed by atoms with Gasteiger partial charge in [-0.3, -0.25) is 0 Å². The molecule has 0 rings (SSSR count). The highest BCUT2D eigenvalue weighted by atomic mass is 79.9. The molecule has 3 heteroatoms. The van der Waals surface area contributed by atoms with Gasteiger partial charge < -0.3 is 0 Å². The van der Waals surface area contributed by atoms with Gasteiger partial charge in [0.25, 0.3) is 0 Å². The Kier molecular flexibility index (Phi) is 4.16. The molecular weight excluding hydrogens is 272 g/mol. The van der Waals surface area contributed by atoms with Gasteiger partial charge in [-0.05, 0) is 14.9 Å². The molecule has 0 aliphatic carbocycles. The standard InChI is InChI=1S/C7H16Br2Si/c1-7(2,3)10(4,5-8)6-9/h5-6H2,1-4H3. The molecule has 0 unspecified atom stereocenters. The number of hydrogen-bond donors (Lipinski definition) is 0. The van der Waals surface area contributed by atoms with Crippen molar-refractivity contribution in [2.75, 3.05) is 9.91 Å². The summed E-state index contributed by atoms with van der Waals surface area (Å²) in [5.74, 6) is 0.